The molecule has 0 bridgehead atoms. The van der Waals surface area contributed by atoms with Gasteiger partial charge in [0.1, 0.15) is 11.4 Å². The van der Waals surface area contributed by atoms with E-state index in [2.05, 4.69) is 25.7 Å². The molecule has 2 amide bonds. The van der Waals surface area contributed by atoms with Crippen molar-refractivity contribution in [3.05, 3.63) is 24.3 Å². The molecule has 198 valence electrons. The van der Waals surface area contributed by atoms with Crippen molar-refractivity contribution >= 4 is 17.7 Å². The van der Waals surface area contributed by atoms with Gasteiger partial charge in [0, 0.05) is 31.9 Å². The Morgan fingerprint density at radius 3 is 2.20 bits per heavy atom. The van der Waals surface area contributed by atoms with Crippen molar-refractivity contribution in [2.45, 2.75) is 66.4 Å². The first-order chi connectivity index (χ1) is 16.5. The molecule has 1 heterocycles. The topological polar surface area (TPSA) is 71.5 Å². The van der Waals surface area contributed by atoms with Crippen LogP contribution >= 0.6 is 0 Å². The van der Waals surface area contributed by atoms with Gasteiger partial charge in [0.25, 0.3) is 0 Å². The van der Waals surface area contributed by atoms with Crippen LogP contribution in [-0.2, 0) is 14.4 Å². The maximum Gasteiger partial charge on any atom is 0.434 e. The number of carbonyl (C=O) groups excluding carboxylic acids is 2. The Kier molecular flexibility index (Phi) is 11.1. The van der Waals surface area contributed by atoms with Crippen molar-refractivity contribution in [2.75, 3.05) is 51.3 Å². The molecule has 1 aliphatic heterocycles. The highest BCUT2D eigenvalue weighted by Gasteiger charge is 2.33. The second kappa shape index (κ2) is 13.6. The Bertz CT molecular complexity index is 783. The Balaban J connectivity index is 2.06. The number of ether oxygens (including phenoxy) is 2. The Labute approximate surface area is 211 Å². The summed E-state index contributed by atoms with van der Waals surface area (Å²) in [7, 11) is 1.66. The van der Waals surface area contributed by atoms with E-state index < -0.39 is 11.7 Å². The fourth-order valence-corrected chi connectivity index (χ4v) is 4.07. The van der Waals surface area contributed by atoms with Gasteiger partial charge in [-0.1, -0.05) is 27.2 Å². The summed E-state index contributed by atoms with van der Waals surface area (Å²) in [6.45, 7) is 15.1. The number of hydroxylamine groups is 2. The highest BCUT2D eigenvalue weighted by Crippen LogP contribution is 2.23. The Morgan fingerprint density at radius 2 is 1.69 bits per heavy atom. The van der Waals surface area contributed by atoms with Crippen molar-refractivity contribution in [1.29, 1.82) is 0 Å². The molecular formula is C27H45N3O5. The normalized spacial score (nSPS) is 15.2. The van der Waals surface area contributed by atoms with Gasteiger partial charge in [0.15, 0.2) is 0 Å². The van der Waals surface area contributed by atoms with Crippen molar-refractivity contribution < 1.29 is 23.9 Å². The summed E-state index contributed by atoms with van der Waals surface area (Å²) in [6.07, 6.45) is 1.91. The number of rotatable bonds is 11. The second-order valence-corrected chi connectivity index (χ2v) is 10.6. The van der Waals surface area contributed by atoms with Gasteiger partial charge in [-0.25, -0.2) is 4.79 Å². The number of carbonyl (C=O) groups is 2. The van der Waals surface area contributed by atoms with E-state index in [9.17, 15) is 9.59 Å². The molecule has 0 spiro atoms. The third kappa shape index (κ3) is 9.59. The summed E-state index contributed by atoms with van der Waals surface area (Å²) >= 11 is 0. The predicted molar refractivity (Wildman–Crippen MR) is 139 cm³/mol. The highest BCUT2D eigenvalue weighted by atomic mass is 16.7. The van der Waals surface area contributed by atoms with Crippen LogP contribution in [0.2, 0.25) is 0 Å². The average molecular weight is 492 g/mol. The van der Waals surface area contributed by atoms with Gasteiger partial charge < -0.3 is 19.3 Å². The smallest absolute Gasteiger partial charge is 0.434 e. The van der Waals surface area contributed by atoms with Crippen molar-refractivity contribution in [1.82, 2.24) is 9.96 Å². The molecule has 8 heteroatoms. The fraction of sp³-hybridized carbons (Fsp3) is 0.704. The zero-order chi connectivity index (χ0) is 26.0. The van der Waals surface area contributed by atoms with Gasteiger partial charge in [0.05, 0.1) is 26.2 Å². The van der Waals surface area contributed by atoms with E-state index in [0.29, 0.717) is 32.0 Å². The molecule has 0 aliphatic carbocycles. The molecule has 35 heavy (non-hydrogen) atoms. The van der Waals surface area contributed by atoms with E-state index >= 15 is 0 Å². The number of nitrogens with zero attached hydrogens (tertiary/aromatic N) is 3. The van der Waals surface area contributed by atoms with E-state index in [1.807, 2.05) is 49.9 Å². The van der Waals surface area contributed by atoms with Crippen LogP contribution in [0.5, 0.6) is 5.75 Å². The average Bonchev–Trinajstić information content (AvgIpc) is 2.81. The van der Waals surface area contributed by atoms with Gasteiger partial charge in [-0.3, -0.25) is 9.63 Å². The largest absolute Gasteiger partial charge is 0.497 e. The standard InChI is InChI=1S/C27H45N3O5/c1-8-9-18-34-30(26(32)35-27(4,5)6)20-22(19-21(2)3)25(31)29-16-14-28(15-17-29)23-10-12-24(33-7)13-11-23/h10-13,21-22H,8-9,14-20H2,1-7H3/t22-/m0/s1. The van der Waals surface area contributed by atoms with Gasteiger partial charge in [0.2, 0.25) is 5.91 Å². The number of hydrogen-bond donors (Lipinski definition) is 0. The van der Waals surface area contributed by atoms with Crippen LogP contribution in [0.3, 0.4) is 0 Å². The minimum atomic E-state index is -0.640. The van der Waals surface area contributed by atoms with Gasteiger partial charge >= 0.3 is 6.09 Å². The van der Waals surface area contributed by atoms with Crippen LogP contribution in [0, 0.1) is 11.8 Å². The molecule has 0 unspecified atom stereocenters. The summed E-state index contributed by atoms with van der Waals surface area (Å²) in [5, 5.41) is 1.26. The molecule has 1 fully saturated rings. The van der Waals surface area contributed by atoms with E-state index in [1.165, 1.54) is 5.06 Å². The molecule has 1 aromatic carbocycles. The first-order valence-electron chi connectivity index (χ1n) is 12.8. The lowest BCUT2D eigenvalue weighted by Crippen LogP contribution is -2.52. The molecule has 0 N–H and O–H groups in total. The quantitative estimate of drug-likeness (QED) is 0.321. The van der Waals surface area contributed by atoms with E-state index in [0.717, 1.165) is 37.4 Å². The number of benzene rings is 1. The van der Waals surface area contributed by atoms with Crippen LogP contribution in [0.4, 0.5) is 10.5 Å². The molecule has 1 atom stereocenters. The zero-order valence-corrected chi connectivity index (χ0v) is 22.7. The lowest BCUT2D eigenvalue weighted by atomic mass is 9.95. The molecule has 0 saturated carbocycles. The number of piperazine rings is 1. The molecule has 0 aromatic heterocycles. The zero-order valence-electron chi connectivity index (χ0n) is 22.7. The molecule has 2 rings (SSSR count). The fourth-order valence-electron chi connectivity index (χ4n) is 4.07. The number of amides is 2. The first-order valence-corrected chi connectivity index (χ1v) is 12.8. The highest BCUT2D eigenvalue weighted by molar-refractivity contribution is 5.80. The lowest BCUT2D eigenvalue weighted by molar-refractivity contribution is -0.163. The lowest BCUT2D eigenvalue weighted by Gasteiger charge is -2.38. The van der Waals surface area contributed by atoms with E-state index in [1.54, 1.807) is 7.11 Å². The maximum atomic E-state index is 13.6. The summed E-state index contributed by atoms with van der Waals surface area (Å²) in [6, 6.07) is 8.00. The van der Waals surface area contributed by atoms with Gasteiger partial charge in [-0.15, -0.1) is 0 Å². The third-order valence-corrected chi connectivity index (χ3v) is 5.86. The van der Waals surface area contributed by atoms with Crippen LogP contribution in [-0.4, -0.2) is 74.0 Å². The summed E-state index contributed by atoms with van der Waals surface area (Å²) in [5.74, 6) is 0.855. The molecule has 1 aromatic rings. The first kappa shape index (κ1) is 28.8. The monoisotopic (exact) mass is 491 g/mol. The number of hydrogen-bond acceptors (Lipinski definition) is 6. The number of methoxy groups -OCH3 is 1. The van der Waals surface area contributed by atoms with Gasteiger partial charge in [-0.05, 0) is 63.8 Å². The molecule has 1 saturated heterocycles. The van der Waals surface area contributed by atoms with Gasteiger partial charge in [-0.2, -0.15) is 5.06 Å². The van der Waals surface area contributed by atoms with Crippen molar-refractivity contribution in [2.24, 2.45) is 11.8 Å². The minimum Gasteiger partial charge on any atom is -0.497 e. The summed E-state index contributed by atoms with van der Waals surface area (Å²) in [4.78, 5) is 36.5. The van der Waals surface area contributed by atoms with E-state index in [-0.39, 0.29) is 18.4 Å². The van der Waals surface area contributed by atoms with E-state index in [4.69, 9.17) is 14.3 Å². The molecule has 0 radical (unpaired) electrons. The van der Waals surface area contributed by atoms with Crippen molar-refractivity contribution in [3.8, 4) is 5.75 Å². The molecular weight excluding hydrogens is 446 g/mol. The number of unbranched alkanes of at least 4 members (excludes halogenated alkanes) is 1. The summed E-state index contributed by atoms with van der Waals surface area (Å²) in [5.41, 5.74) is 0.482. The number of anilines is 1. The van der Waals surface area contributed by atoms with Crippen LogP contribution in [0.25, 0.3) is 0 Å². The minimum absolute atomic E-state index is 0.0701. The van der Waals surface area contributed by atoms with Crippen LogP contribution in [0.1, 0.15) is 60.8 Å². The maximum absolute atomic E-state index is 13.6. The Morgan fingerprint density at radius 1 is 1.06 bits per heavy atom. The van der Waals surface area contributed by atoms with Crippen LogP contribution < -0.4 is 9.64 Å². The SMILES string of the molecule is CCCCON(C[C@H](CC(C)C)C(=O)N1CCN(c2ccc(OC)cc2)CC1)C(=O)OC(C)(C)C. The second-order valence-electron chi connectivity index (χ2n) is 10.6. The Hall–Kier alpha value is -2.48. The summed E-state index contributed by atoms with van der Waals surface area (Å²) < 4.78 is 10.8. The third-order valence-electron chi connectivity index (χ3n) is 5.86. The predicted octanol–water partition coefficient (Wildman–Crippen LogP) is 4.97. The van der Waals surface area contributed by atoms with Crippen molar-refractivity contribution in [3.63, 3.8) is 0 Å². The van der Waals surface area contributed by atoms with Crippen LogP contribution in [0.15, 0.2) is 24.3 Å². The molecule has 1 aliphatic rings. The molecule has 8 nitrogen and oxygen atoms in total.